The number of anilines is 1. The summed E-state index contributed by atoms with van der Waals surface area (Å²) in [6.07, 6.45) is 5.70. The van der Waals surface area contributed by atoms with Crippen LogP contribution in [0.25, 0.3) is 10.9 Å². The number of carboxylic acid groups (broad SMARTS) is 1. The third-order valence-electron chi connectivity index (χ3n) is 6.82. The van der Waals surface area contributed by atoms with Gasteiger partial charge in [0.2, 0.25) is 5.43 Å². The molecule has 2 saturated carbocycles. The first-order chi connectivity index (χ1) is 13.9. The molecule has 3 atom stereocenters. The molecule has 5 rings (SSSR count). The Labute approximate surface area is 165 Å². The maximum Gasteiger partial charge on any atom is 0.341 e. The molecule has 0 bridgehead atoms. The molecule has 6 nitrogen and oxygen atoms in total. The fraction of sp³-hybridized carbons (Fsp3) is 0.524. The summed E-state index contributed by atoms with van der Waals surface area (Å²) in [5.41, 5.74) is 4.80. The molecule has 3 N–H and O–H groups in total. The molecule has 29 heavy (non-hydrogen) atoms. The molecule has 3 aliphatic rings. The lowest BCUT2D eigenvalue weighted by atomic mass is 9.78. The number of hydrogen-bond acceptors (Lipinski definition) is 4. The number of hydrogen-bond donors (Lipinski definition) is 2. The average molecular weight is 403 g/mol. The highest BCUT2D eigenvalue weighted by molar-refractivity contribution is 5.94. The van der Waals surface area contributed by atoms with E-state index in [4.69, 9.17) is 5.73 Å². The van der Waals surface area contributed by atoms with E-state index in [0.29, 0.717) is 19.0 Å². The van der Waals surface area contributed by atoms with Crippen LogP contribution in [0.3, 0.4) is 0 Å². The summed E-state index contributed by atoms with van der Waals surface area (Å²) in [6.45, 7) is 1.03. The molecule has 1 aromatic heterocycles. The Morgan fingerprint density at radius 3 is 2.59 bits per heavy atom. The van der Waals surface area contributed by atoms with Gasteiger partial charge in [-0.25, -0.2) is 13.6 Å². The summed E-state index contributed by atoms with van der Waals surface area (Å²) in [7, 11) is 0. The molecule has 8 heteroatoms. The number of rotatable bonds is 3. The Morgan fingerprint density at radius 2 is 1.93 bits per heavy atom. The Kier molecular flexibility index (Phi) is 4.17. The molecular weight excluding hydrogens is 380 g/mol. The number of nitrogens with zero attached hydrogens (tertiary/aromatic N) is 2. The number of carboxylic acids is 1. The van der Waals surface area contributed by atoms with Gasteiger partial charge in [0.15, 0.2) is 5.82 Å². The van der Waals surface area contributed by atoms with E-state index in [0.717, 1.165) is 38.2 Å². The zero-order valence-electron chi connectivity index (χ0n) is 15.9. The maximum atomic E-state index is 15.7. The van der Waals surface area contributed by atoms with Crippen LogP contribution in [-0.4, -0.2) is 34.8 Å². The average Bonchev–Trinajstić information content (AvgIpc) is 3.42. The quantitative estimate of drug-likeness (QED) is 0.823. The third-order valence-corrected chi connectivity index (χ3v) is 6.82. The first-order valence-electron chi connectivity index (χ1n) is 10.2. The zero-order chi connectivity index (χ0) is 20.4. The van der Waals surface area contributed by atoms with Crippen molar-refractivity contribution in [2.45, 2.75) is 44.2 Å². The van der Waals surface area contributed by atoms with Gasteiger partial charge in [-0.05, 0) is 43.6 Å². The van der Waals surface area contributed by atoms with Crippen molar-refractivity contribution in [3.8, 4) is 0 Å². The van der Waals surface area contributed by atoms with E-state index in [2.05, 4.69) is 0 Å². The predicted molar refractivity (Wildman–Crippen MR) is 104 cm³/mol. The highest BCUT2D eigenvalue weighted by Crippen LogP contribution is 2.42. The van der Waals surface area contributed by atoms with Crippen molar-refractivity contribution >= 4 is 22.6 Å². The van der Waals surface area contributed by atoms with Gasteiger partial charge in [0.25, 0.3) is 0 Å². The molecular formula is C21H23F2N3O3. The normalized spacial score (nSPS) is 26.7. The van der Waals surface area contributed by atoms with E-state index in [9.17, 15) is 14.7 Å². The fourth-order valence-electron chi connectivity index (χ4n) is 5.21. The highest BCUT2D eigenvalue weighted by Gasteiger charge is 2.41. The molecule has 0 amide bonds. The van der Waals surface area contributed by atoms with Crippen molar-refractivity contribution in [3.05, 3.63) is 39.7 Å². The summed E-state index contributed by atoms with van der Waals surface area (Å²) >= 11 is 0. The fourth-order valence-corrected chi connectivity index (χ4v) is 5.21. The van der Waals surface area contributed by atoms with E-state index >= 15 is 8.78 Å². The van der Waals surface area contributed by atoms with Crippen molar-refractivity contribution in [2.75, 3.05) is 18.0 Å². The van der Waals surface area contributed by atoms with E-state index in [1.165, 1.54) is 10.8 Å². The van der Waals surface area contributed by atoms with Gasteiger partial charge >= 0.3 is 5.97 Å². The van der Waals surface area contributed by atoms with E-state index in [1.54, 1.807) is 4.90 Å². The number of benzene rings is 1. The van der Waals surface area contributed by atoms with E-state index < -0.39 is 28.6 Å². The standard InChI is InChI=1S/C21H23F2N3O3/c22-15-6-12-18(26(11-4-5-11)9-14(20(12)27)21(28)29)17(23)19(15)25-7-10-2-1-3-16(24)13(10)8-25/h6,9-11,13,16H,1-5,7-8,24H2,(H,28,29)/t10-,13+,16-/m0/s1. The van der Waals surface area contributed by atoms with Gasteiger partial charge in [-0.15, -0.1) is 0 Å². The Morgan fingerprint density at radius 1 is 1.17 bits per heavy atom. The monoisotopic (exact) mass is 403 g/mol. The minimum absolute atomic E-state index is 0.00179. The maximum absolute atomic E-state index is 15.7. The summed E-state index contributed by atoms with van der Waals surface area (Å²) < 4.78 is 32.3. The molecule has 1 aliphatic heterocycles. The summed E-state index contributed by atoms with van der Waals surface area (Å²) in [4.78, 5) is 25.8. The van der Waals surface area contributed by atoms with Crippen LogP contribution in [-0.2, 0) is 0 Å². The molecule has 1 aromatic carbocycles. The minimum atomic E-state index is -1.39. The van der Waals surface area contributed by atoms with Gasteiger partial charge in [0.05, 0.1) is 10.9 Å². The number of carbonyl (C=O) groups is 1. The van der Waals surface area contributed by atoms with Crippen molar-refractivity contribution in [3.63, 3.8) is 0 Å². The SMILES string of the molecule is N[C@H]1CCC[C@H]2CN(c3c(F)cc4c(=O)c(C(=O)O)cn(C5CC5)c4c3F)C[C@H]21. The van der Waals surface area contributed by atoms with Crippen LogP contribution < -0.4 is 16.1 Å². The Bertz CT molecular complexity index is 1080. The topological polar surface area (TPSA) is 88.6 Å². The third kappa shape index (κ3) is 2.84. The molecule has 154 valence electrons. The van der Waals surface area contributed by atoms with Crippen molar-refractivity contribution < 1.29 is 18.7 Å². The molecule has 3 fully saturated rings. The van der Waals surface area contributed by atoms with Crippen molar-refractivity contribution in [1.29, 1.82) is 0 Å². The summed E-state index contributed by atoms with van der Waals surface area (Å²) in [5.74, 6) is -2.49. The van der Waals surface area contributed by atoms with Gasteiger partial charge in [-0.2, -0.15) is 0 Å². The Hall–Kier alpha value is -2.48. The van der Waals surface area contributed by atoms with Gasteiger partial charge in [-0.1, -0.05) is 6.42 Å². The van der Waals surface area contributed by atoms with Gasteiger partial charge in [0.1, 0.15) is 17.1 Å². The van der Waals surface area contributed by atoms with Crippen LogP contribution in [0.5, 0.6) is 0 Å². The smallest absolute Gasteiger partial charge is 0.341 e. The largest absolute Gasteiger partial charge is 0.477 e. The van der Waals surface area contributed by atoms with Crippen LogP contribution in [0.2, 0.25) is 0 Å². The lowest BCUT2D eigenvalue weighted by Gasteiger charge is -2.29. The Balaban J connectivity index is 1.68. The van der Waals surface area contributed by atoms with Crippen LogP contribution in [0.4, 0.5) is 14.5 Å². The van der Waals surface area contributed by atoms with Gasteiger partial charge in [0, 0.05) is 31.4 Å². The number of fused-ring (bicyclic) bond motifs is 2. The van der Waals surface area contributed by atoms with E-state index in [1.807, 2.05) is 0 Å². The van der Waals surface area contributed by atoms with Crippen molar-refractivity contribution in [2.24, 2.45) is 17.6 Å². The van der Waals surface area contributed by atoms with Crippen LogP contribution in [0, 0.1) is 23.5 Å². The molecule has 2 aliphatic carbocycles. The van der Waals surface area contributed by atoms with Gasteiger partial charge in [-0.3, -0.25) is 4.79 Å². The molecule has 0 unspecified atom stereocenters. The highest BCUT2D eigenvalue weighted by atomic mass is 19.1. The number of aromatic carboxylic acids is 1. The second-order valence-electron chi connectivity index (χ2n) is 8.66. The second kappa shape index (κ2) is 6.52. The van der Waals surface area contributed by atoms with Crippen molar-refractivity contribution in [1.82, 2.24) is 4.57 Å². The summed E-state index contributed by atoms with van der Waals surface area (Å²) in [6, 6.07) is 0.968. The predicted octanol–water partition coefficient (Wildman–Crippen LogP) is 2.88. The molecule has 0 radical (unpaired) electrons. The first kappa shape index (κ1) is 18.5. The molecule has 0 spiro atoms. The van der Waals surface area contributed by atoms with Crippen LogP contribution in [0.15, 0.2) is 17.1 Å². The molecule has 2 aromatic rings. The lowest BCUT2D eigenvalue weighted by molar-refractivity contribution is 0.0695. The first-order valence-corrected chi connectivity index (χ1v) is 10.2. The van der Waals surface area contributed by atoms with Crippen LogP contribution >= 0.6 is 0 Å². The summed E-state index contributed by atoms with van der Waals surface area (Å²) in [5, 5.41) is 9.12. The second-order valence-corrected chi connectivity index (χ2v) is 8.66. The van der Waals surface area contributed by atoms with E-state index in [-0.39, 0.29) is 34.6 Å². The zero-order valence-corrected chi connectivity index (χ0v) is 15.9. The number of nitrogens with two attached hydrogens (primary N) is 1. The van der Waals surface area contributed by atoms with Crippen LogP contribution in [0.1, 0.15) is 48.5 Å². The minimum Gasteiger partial charge on any atom is -0.477 e. The molecule has 2 heterocycles. The number of pyridine rings is 1. The number of aromatic nitrogens is 1. The number of halogens is 2. The lowest BCUT2D eigenvalue weighted by Crippen LogP contribution is -2.38. The molecule has 1 saturated heterocycles. The van der Waals surface area contributed by atoms with Gasteiger partial charge < -0.3 is 20.3 Å².